The molecule has 0 spiro atoms. The van der Waals surface area contributed by atoms with Crippen LogP contribution in [0.2, 0.25) is 5.02 Å². The minimum Gasteiger partial charge on any atom is -0.478 e. The fraction of sp³-hybridized carbons (Fsp3) is 0.500. The molecule has 1 aromatic rings. The third-order valence-corrected chi connectivity index (χ3v) is 4.17. The number of rotatable bonds is 5. The monoisotopic (exact) mass is 382 g/mol. The van der Waals surface area contributed by atoms with Crippen LogP contribution in [0.1, 0.15) is 54.3 Å². The lowest BCUT2D eigenvalue weighted by atomic mass is 10.1. The largest absolute Gasteiger partial charge is 0.478 e. The summed E-state index contributed by atoms with van der Waals surface area (Å²) in [6.07, 6.45) is 1.20. The van der Waals surface area contributed by atoms with Crippen LogP contribution >= 0.6 is 11.6 Å². The van der Waals surface area contributed by atoms with Gasteiger partial charge in [-0.2, -0.15) is 0 Å². The quantitative estimate of drug-likeness (QED) is 0.760. The van der Waals surface area contributed by atoms with Crippen LogP contribution < -0.4 is 5.32 Å². The van der Waals surface area contributed by atoms with E-state index in [1.54, 1.807) is 25.7 Å². The van der Waals surface area contributed by atoms with E-state index in [4.69, 9.17) is 21.4 Å². The van der Waals surface area contributed by atoms with Crippen LogP contribution in [0.5, 0.6) is 0 Å². The molecule has 2 rings (SSSR count). The van der Waals surface area contributed by atoms with Gasteiger partial charge < -0.3 is 14.7 Å². The van der Waals surface area contributed by atoms with Crippen molar-refractivity contribution in [1.29, 1.82) is 0 Å². The zero-order valence-corrected chi connectivity index (χ0v) is 15.8. The first-order valence-electron chi connectivity index (χ1n) is 8.37. The van der Waals surface area contributed by atoms with E-state index in [0.717, 1.165) is 6.42 Å². The molecule has 1 atom stereocenters. The van der Waals surface area contributed by atoms with Crippen molar-refractivity contribution in [2.75, 3.05) is 13.1 Å². The highest BCUT2D eigenvalue weighted by atomic mass is 35.5. The Hall–Kier alpha value is -2.12. The van der Waals surface area contributed by atoms with E-state index in [0.29, 0.717) is 13.0 Å². The van der Waals surface area contributed by atoms with Gasteiger partial charge in [-0.1, -0.05) is 11.6 Å². The highest BCUT2D eigenvalue weighted by molar-refractivity contribution is 6.34. The lowest BCUT2D eigenvalue weighted by molar-refractivity contribution is -0.153. The second-order valence-electron chi connectivity index (χ2n) is 7.12. The van der Waals surface area contributed by atoms with Crippen LogP contribution in [0.3, 0.4) is 0 Å². The van der Waals surface area contributed by atoms with Crippen molar-refractivity contribution in [3.63, 3.8) is 0 Å². The fourth-order valence-electron chi connectivity index (χ4n) is 2.78. The highest BCUT2D eigenvalue weighted by Gasteiger charge is 2.31. The Kier molecular flexibility index (Phi) is 6.26. The highest BCUT2D eigenvalue weighted by Crippen LogP contribution is 2.24. The maximum atomic E-state index is 12.8. The van der Waals surface area contributed by atoms with E-state index in [9.17, 15) is 14.4 Å². The first-order chi connectivity index (χ1) is 12.1. The summed E-state index contributed by atoms with van der Waals surface area (Å²) in [5, 5.41) is 12.1. The average Bonchev–Trinajstić information content (AvgIpc) is 2.99. The molecule has 0 bridgehead atoms. The number of nitrogens with zero attached hydrogens (tertiary/aromatic N) is 1. The minimum atomic E-state index is -1.11. The molecule has 1 aromatic carbocycles. The number of nitrogens with one attached hydrogen (secondary N) is 1. The summed E-state index contributed by atoms with van der Waals surface area (Å²) >= 11 is 6.09. The maximum Gasteiger partial charge on any atom is 0.335 e. The molecule has 0 aromatic heterocycles. The summed E-state index contributed by atoms with van der Waals surface area (Å²) in [6, 6.07) is 4.02. The number of esters is 1. The number of carbonyl (C=O) groups is 3. The number of likely N-dealkylation sites (tertiary alicyclic amines) is 1. The van der Waals surface area contributed by atoms with Crippen molar-refractivity contribution in [1.82, 2.24) is 10.2 Å². The fourth-order valence-corrected chi connectivity index (χ4v) is 3.04. The van der Waals surface area contributed by atoms with Gasteiger partial charge in [0.25, 0.3) is 5.91 Å². The maximum absolute atomic E-state index is 12.8. The van der Waals surface area contributed by atoms with Crippen molar-refractivity contribution >= 4 is 29.4 Å². The molecule has 7 nitrogen and oxygen atoms in total. The number of benzene rings is 1. The zero-order chi connectivity index (χ0) is 19.5. The van der Waals surface area contributed by atoms with Crippen molar-refractivity contribution in [2.45, 2.75) is 45.4 Å². The predicted octanol–water partition coefficient (Wildman–Crippen LogP) is 2.53. The van der Waals surface area contributed by atoms with Crippen molar-refractivity contribution in [3.8, 4) is 0 Å². The van der Waals surface area contributed by atoms with E-state index >= 15 is 0 Å². The van der Waals surface area contributed by atoms with Gasteiger partial charge in [0.05, 0.1) is 28.9 Å². The molecular formula is C18H23ClN2O5. The van der Waals surface area contributed by atoms with Gasteiger partial charge in [-0.15, -0.1) is 0 Å². The zero-order valence-electron chi connectivity index (χ0n) is 15.0. The summed E-state index contributed by atoms with van der Waals surface area (Å²) in [6.45, 7) is 5.90. The Morgan fingerprint density at radius 3 is 2.62 bits per heavy atom. The van der Waals surface area contributed by atoms with Gasteiger partial charge in [0.15, 0.2) is 0 Å². The Balaban J connectivity index is 2.04. The van der Waals surface area contributed by atoms with E-state index in [-0.39, 0.29) is 40.7 Å². The lowest BCUT2D eigenvalue weighted by Crippen LogP contribution is -2.47. The molecule has 8 heteroatoms. The van der Waals surface area contributed by atoms with Gasteiger partial charge in [-0.25, -0.2) is 4.79 Å². The van der Waals surface area contributed by atoms with Crippen molar-refractivity contribution in [2.24, 2.45) is 0 Å². The van der Waals surface area contributed by atoms with Crippen LogP contribution in [-0.4, -0.2) is 52.7 Å². The van der Waals surface area contributed by atoms with Gasteiger partial charge >= 0.3 is 11.9 Å². The molecule has 1 fully saturated rings. The van der Waals surface area contributed by atoms with Crippen LogP contribution in [0.25, 0.3) is 0 Å². The molecule has 0 aliphatic carbocycles. The number of halogens is 1. The number of aromatic carboxylic acids is 1. The van der Waals surface area contributed by atoms with E-state index in [1.165, 1.54) is 18.2 Å². The first-order valence-corrected chi connectivity index (χ1v) is 8.75. The minimum absolute atomic E-state index is 0.00258. The van der Waals surface area contributed by atoms with E-state index < -0.39 is 11.6 Å². The molecule has 2 N–H and O–H groups in total. The van der Waals surface area contributed by atoms with E-state index in [2.05, 4.69) is 5.32 Å². The third-order valence-electron chi connectivity index (χ3n) is 3.86. The predicted molar refractivity (Wildman–Crippen MR) is 96.3 cm³/mol. The number of carboxylic acid groups (broad SMARTS) is 1. The van der Waals surface area contributed by atoms with Crippen LogP contribution in [0, 0.1) is 0 Å². The summed E-state index contributed by atoms with van der Waals surface area (Å²) in [5.74, 6) is -1.80. The topological polar surface area (TPSA) is 95.9 Å². The first kappa shape index (κ1) is 20.2. The Bertz CT molecular complexity index is 714. The molecule has 1 amide bonds. The average molecular weight is 383 g/mol. The smallest absolute Gasteiger partial charge is 0.335 e. The standard InChI is InChI=1S/C18H23ClN2O5/c1-18(2,3)26-15(22)10-20-14-5-4-8-21(14)16(23)12-7-6-11(17(24)25)9-13(12)19/h6-7,9,14,20H,4-5,8,10H2,1-3H3,(H,24,25). The number of amides is 1. The second kappa shape index (κ2) is 8.05. The van der Waals surface area contributed by atoms with Gasteiger partial charge in [-0.3, -0.25) is 14.9 Å². The number of hydrogen-bond acceptors (Lipinski definition) is 5. The molecule has 142 valence electrons. The molecule has 1 saturated heterocycles. The van der Waals surface area contributed by atoms with Crippen molar-refractivity contribution in [3.05, 3.63) is 34.3 Å². The molecule has 1 aliphatic rings. The molecule has 1 heterocycles. The summed E-state index contributed by atoms with van der Waals surface area (Å²) in [7, 11) is 0. The molecule has 1 aliphatic heterocycles. The second-order valence-corrected chi connectivity index (χ2v) is 7.53. The summed E-state index contributed by atoms with van der Waals surface area (Å²) < 4.78 is 5.25. The Labute approximate surface area is 157 Å². The Morgan fingerprint density at radius 2 is 2.04 bits per heavy atom. The number of hydrogen-bond donors (Lipinski definition) is 2. The van der Waals surface area contributed by atoms with Crippen LogP contribution in [0.15, 0.2) is 18.2 Å². The Morgan fingerprint density at radius 1 is 1.35 bits per heavy atom. The van der Waals surface area contributed by atoms with Gasteiger partial charge in [0.2, 0.25) is 0 Å². The normalized spacial score (nSPS) is 17.2. The molecule has 0 radical (unpaired) electrons. The lowest BCUT2D eigenvalue weighted by Gasteiger charge is -2.27. The molecule has 1 unspecified atom stereocenters. The van der Waals surface area contributed by atoms with Crippen LogP contribution in [-0.2, 0) is 9.53 Å². The van der Waals surface area contributed by atoms with Gasteiger partial charge in [0, 0.05) is 6.54 Å². The molecule has 26 heavy (non-hydrogen) atoms. The third kappa shape index (κ3) is 5.19. The van der Waals surface area contributed by atoms with E-state index in [1.807, 2.05) is 0 Å². The number of ether oxygens (including phenoxy) is 1. The molecular weight excluding hydrogens is 360 g/mol. The van der Waals surface area contributed by atoms with Gasteiger partial charge in [-0.05, 0) is 51.8 Å². The molecule has 0 saturated carbocycles. The van der Waals surface area contributed by atoms with Crippen LogP contribution in [0.4, 0.5) is 0 Å². The van der Waals surface area contributed by atoms with Crippen molar-refractivity contribution < 1.29 is 24.2 Å². The SMILES string of the molecule is CC(C)(C)OC(=O)CNC1CCCN1C(=O)c1ccc(C(=O)O)cc1Cl. The number of carboxylic acids is 1. The summed E-state index contributed by atoms with van der Waals surface area (Å²) in [5.41, 5.74) is -0.307. The summed E-state index contributed by atoms with van der Waals surface area (Å²) in [4.78, 5) is 37.2. The number of carbonyl (C=O) groups excluding carboxylic acids is 2. The van der Waals surface area contributed by atoms with Gasteiger partial charge in [0.1, 0.15) is 5.60 Å².